The first kappa shape index (κ1) is 13.6. The molecule has 0 aliphatic rings. The van der Waals surface area contributed by atoms with E-state index in [0.717, 1.165) is 5.56 Å². The van der Waals surface area contributed by atoms with Crippen LogP contribution >= 0.6 is 11.6 Å². The molecule has 0 spiro atoms. The highest BCUT2D eigenvalue weighted by molar-refractivity contribution is 6.29. The summed E-state index contributed by atoms with van der Waals surface area (Å²) in [6, 6.07) is 7.19. The van der Waals surface area contributed by atoms with Crippen LogP contribution in [0.1, 0.15) is 11.3 Å². The van der Waals surface area contributed by atoms with Gasteiger partial charge >= 0.3 is 6.36 Å². The smallest absolute Gasteiger partial charge is 0.406 e. The molecule has 0 saturated carbocycles. The van der Waals surface area contributed by atoms with Crippen LogP contribution in [-0.2, 0) is 6.42 Å². The lowest BCUT2D eigenvalue weighted by atomic mass is 10.1. The van der Waals surface area contributed by atoms with E-state index in [4.69, 9.17) is 11.6 Å². The quantitative estimate of drug-likeness (QED) is 0.809. The topological polar surface area (TPSA) is 35.0 Å². The highest BCUT2D eigenvalue weighted by Crippen LogP contribution is 2.23. The zero-order valence-corrected chi connectivity index (χ0v) is 10.2. The zero-order valence-electron chi connectivity index (χ0n) is 9.49. The van der Waals surface area contributed by atoms with Gasteiger partial charge in [-0.3, -0.25) is 0 Å². The first-order chi connectivity index (χ1) is 8.92. The van der Waals surface area contributed by atoms with Crippen LogP contribution < -0.4 is 4.74 Å². The Balaban J connectivity index is 2.07. The average Bonchev–Trinajstić information content (AvgIpc) is 2.30. The highest BCUT2D eigenvalue weighted by atomic mass is 35.5. The Morgan fingerprint density at radius 2 is 1.79 bits per heavy atom. The lowest BCUT2D eigenvalue weighted by molar-refractivity contribution is -0.274. The first-order valence-electron chi connectivity index (χ1n) is 5.23. The predicted molar refractivity (Wildman–Crippen MR) is 63.0 cm³/mol. The van der Waals surface area contributed by atoms with E-state index in [-0.39, 0.29) is 5.75 Å². The minimum atomic E-state index is -4.68. The van der Waals surface area contributed by atoms with E-state index in [1.807, 2.05) is 0 Å². The monoisotopic (exact) mass is 288 g/mol. The average molecular weight is 289 g/mol. The number of rotatable bonds is 3. The molecule has 0 unspecified atom stereocenters. The molecule has 100 valence electrons. The molecule has 1 aromatic carbocycles. The highest BCUT2D eigenvalue weighted by Gasteiger charge is 2.30. The molecule has 0 saturated heterocycles. The Labute approximate surface area is 112 Å². The second-order valence-electron chi connectivity index (χ2n) is 3.70. The van der Waals surface area contributed by atoms with E-state index in [2.05, 4.69) is 14.7 Å². The van der Waals surface area contributed by atoms with Gasteiger partial charge in [-0.1, -0.05) is 23.7 Å². The molecule has 0 N–H and O–H groups in total. The summed E-state index contributed by atoms with van der Waals surface area (Å²) in [5.41, 5.74) is 1.48. The maximum Gasteiger partial charge on any atom is 0.573 e. The molecule has 0 amide bonds. The van der Waals surface area contributed by atoms with Crippen LogP contribution in [0.5, 0.6) is 5.75 Å². The fourth-order valence-electron chi connectivity index (χ4n) is 1.48. The van der Waals surface area contributed by atoms with E-state index >= 15 is 0 Å². The molecule has 3 nitrogen and oxygen atoms in total. The van der Waals surface area contributed by atoms with Gasteiger partial charge in [-0.15, -0.1) is 13.2 Å². The minimum absolute atomic E-state index is 0.253. The summed E-state index contributed by atoms with van der Waals surface area (Å²) in [6.07, 6.45) is -2.89. The van der Waals surface area contributed by atoms with Crippen molar-refractivity contribution in [3.63, 3.8) is 0 Å². The lowest BCUT2D eigenvalue weighted by Crippen LogP contribution is -2.17. The molecule has 2 aromatic rings. The number of hydrogen-bond acceptors (Lipinski definition) is 3. The van der Waals surface area contributed by atoms with Crippen molar-refractivity contribution in [2.24, 2.45) is 0 Å². The van der Waals surface area contributed by atoms with E-state index in [1.54, 1.807) is 6.07 Å². The number of hydrogen-bond donors (Lipinski definition) is 0. The van der Waals surface area contributed by atoms with Gasteiger partial charge < -0.3 is 4.74 Å². The Kier molecular flexibility index (Phi) is 3.90. The summed E-state index contributed by atoms with van der Waals surface area (Å²) in [5, 5.41) is 0.321. The molecule has 0 radical (unpaired) electrons. The fourth-order valence-corrected chi connectivity index (χ4v) is 1.65. The van der Waals surface area contributed by atoms with Crippen LogP contribution in [0.4, 0.5) is 13.2 Å². The maximum absolute atomic E-state index is 12.0. The van der Waals surface area contributed by atoms with Crippen LogP contribution in [0.25, 0.3) is 0 Å². The fraction of sp³-hybridized carbons (Fsp3) is 0.167. The van der Waals surface area contributed by atoms with Crippen LogP contribution in [-0.4, -0.2) is 16.3 Å². The first-order valence-corrected chi connectivity index (χ1v) is 5.61. The Hall–Kier alpha value is -1.82. The lowest BCUT2D eigenvalue weighted by Gasteiger charge is -2.09. The van der Waals surface area contributed by atoms with Gasteiger partial charge in [0.1, 0.15) is 17.2 Å². The summed E-state index contributed by atoms with van der Waals surface area (Å²) in [6.45, 7) is 0. The van der Waals surface area contributed by atoms with Gasteiger partial charge in [0, 0.05) is 12.1 Å². The van der Waals surface area contributed by atoms with Gasteiger partial charge in [-0.05, 0) is 23.8 Å². The van der Waals surface area contributed by atoms with Crippen LogP contribution in [0.3, 0.4) is 0 Å². The van der Waals surface area contributed by atoms with Crippen LogP contribution in [0, 0.1) is 0 Å². The molecule has 1 heterocycles. The summed E-state index contributed by atoms with van der Waals surface area (Å²) in [7, 11) is 0. The van der Waals surface area contributed by atoms with Gasteiger partial charge in [0.05, 0.1) is 0 Å². The van der Waals surface area contributed by atoms with Crippen molar-refractivity contribution in [1.29, 1.82) is 0 Å². The van der Waals surface area contributed by atoms with Gasteiger partial charge in [0.25, 0.3) is 0 Å². The van der Waals surface area contributed by atoms with Gasteiger partial charge in [-0.25, -0.2) is 9.97 Å². The SMILES string of the molecule is FC(F)(F)Oc1ccc(Cc2cc(Cl)ncn2)cc1. The third-order valence-electron chi connectivity index (χ3n) is 2.23. The van der Waals surface area contributed by atoms with Crippen LogP contribution in [0.15, 0.2) is 36.7 Å². The second kappa shape index (κ2) is 5.44. The molecular weight excluding hydrogens is 281 g/mol. The second-order valence-corrected chi connectivity index (χ2v) is 4.09. The third-order valence-corrected chi connectivity index (χ3v) is 2.44. The van der Waals surface area contributed by atoms with Gasteiger partial charge in [0.2, 0.25) is 0 Å². The van der Waals surface area contributed by atoms with E-state index in [1.165, 1.54) is 30.6 Å². The Bertz CT molecular complexity index is 558. The van der Waals surface area contributed by atoms with Crippen molar-refractivity contribution in [2.45, 2.75) is 12.8 Å². The number of alkyl halides is 3. The van der Waals surface area contributed by atoms with E-state index < -0.39 is 6.36 Å². The summed E-state index contributed by atoms with van der Waals surface area (Å²) < 4.78 is 39.7. The van der Waals surface area contributed by atoms with Crippen molar-refractivity contribution in [1.82, 2.24) is 9.97 Å². The van der Waals surface area contributed by atoms with Crippen LogP contribution in [0.2, 0.25) is 5.15 Å². The molecule has 0 bridgehead atoms. The zero-order chi connectivity index (χ0) is 13.9. The molecule has 0 aliphatic heterocycles. The molecule has 0 atom stereocenters. The molecule has 0 fully saturated rings. The van der Waals surface area contributed by atoms with Crippen molar-refractivity contribution in [3.8, 4) is 5.75 Å². The number of nitrogens with zero attached hydrogens (tertiary/aromatic N) is 2. The standard InChI is InChI=1S/C12H8ClF3N2O/c13-11-6-9(17-7-18-11)5-8-1-3-10(4-2-8)19-12(14,15)16/h1-4,6-7H,5H2. The van der Waals surface area contributed by atoms with Crippen molar-refractivity contribution in [2.75, 3.05) is 0 Å². The number of aromatic nitrogens is 2. The van der Waals surface area contributed by atoms with E-state index in [0.29, 0.717) is 17.3 Å². The number of benzene rings is 1. The normalized spacial score (nSPS) is 11.4. The van der Waals surface area contributed by atoms with Crippen molar-refractivity contribution in [3.05, 3.63) is 53.1 Å². The van der Waals surface area contributed by atoms with Gasteiger partial charge in [-0.2, -0.15) is 0 Å². The number of ether oxygens (including phenoxy) is 1. The Morgan fingerprint density at radius 3 is 2.37 bits per heavy atom. The Morgan fingerprint density at radius 1 is 1.11 bits per heavy atom. The molecule has 7 heteroatoms. The molecule has 0 aliphatic carbocycles. The molecular formula is C12H8ClF3N2O. The molecule has 1 aromatic heterocycles. The van der Waals surface area contributed by atoms with Crippen molar-refractivity contribution < 1.29 is 17.9 Å². The summed E-state index contributed by atoms with van der Waals surface area (Å²) in [4.78, 5) is 7.76. The third kappa shape index (κ3) is 4.40. The predicted octanol–water partition coefficient (Wildman–Crippen LogP) is 3.62. The molecule has 2 rings (SSSR count). The minimum Gasteiger partial charge on any atom is -0.406 e. The van der Waals surface area contributed by atoms with Gasteiger partial charge in [0.15, 0.2) is 0 Å². The largest absolute Gasteiger partial charge is 0.573 e. The number of halogens is 4. The maximum atomic E-state index is 12.0. The van der Waals surface area contributed by atoms with Crippen molar-refractivity contribution >= 4 is 11.6 Å². The van der Waals surface area contributed by atoms with E-state index in [9.17, 15) is 13.2 Å². The molecule has 19 heavy (non-hydrogen) atoms. The summed E-state index contributed by atoms with van der Waals surface area (Å²) in [5.74, 6) is -0.253. The summed E-state index contributed by atoms with van der Waals surface area (Å²) >= 11 is 5.71.